The molecular weight excluding hydrogens is 256 g/mol. The predicted molar refractivity (Wildman–Crippen MR) is 77.7 cm³/mol. The van der Waals surface area contributed by atoms with Crippen LogP contribution in [0.4, 0.5) is 5.82 Å². The third-order valence-electron chi connectivity index (χ3n) is 3.09. The zero-order chi connectivity index (χ0) is 14.2. The van der Waals surface area contributed by atoms with Gasteiger partial charge in [0.2, 0.25) is 5.91 Å². The maximum absolute atomic E-state index is 11.8. The fraction of sp³-hybridized carbons (Fsp3) is 0.571. The predicted octanol–water partition coefficient (Wildman–Crippen LogP) is 0.297. The Morgan fingerprint density at radius 3 is 3.10 bits per heavy atom. The third-order valence-corrected chi connectivity index (χ3v) is 3.09. The van der Waals surface area contributed by atoms with Crippen LogP contribution in [0.3, 0.4) is 0 Å². The maximum Gasteiger partial charge on any atom is 0.250 e. The van der Waals surface area contributed by atoms with Crippen LogP contribution in [0.15, 0.2) is 18.3 Å². The van der Waals surface area contributed by atoms with Crippen molar-refractivity contribution >= 4 is 11.7 Å². The maximum atomic E-state index is 11.8. The molecule has 110 valence electrons. The van der Waals surface area contributed by atoms with Gasteiger partial charge in [0.1, 0.15) is 11.9 Å². The van der Waals surface area contributed by atoms with E-state index in [1.807, 2.05) is 25.3 Å². The van der Waals surface area contributed by atoms with Crippen LogP contribution in [0.5, 0.6) is 0 Å². The molecule has 1 saturated heterocycles. The SMILES string of the molecule is Cc1ccc(NCCCNC(=O)C2CNCCO2)nc1. The average molecular weight is 278 g/mol. The summed E-state index contributed by atoms with van der Waals surface area (Å²) in [4.78, 5) is 16.0. The van der Waals surface area contributed by atoms with E-state index in [0.717, 1.165) is 30.9 Å². The molecule has 1 aliphatic rings. The highest BCUT2D eigenvalue weighted by Gasteiger charge is 2.20. The highest BCUT2D eigenvalue weighted by molar-refractivity contribution is 5.81. The number of pyridine rings is 1. The molecule has 0 aliphatic carbocycles. The molecule has 0 saturated carbocycles. The van der Waals surface area contributed by atoms with Crippen molar-refractivity contribution in [2.24, 2.45) is 0 Å². The molecule has 1 aromatic heterocycles. The van der Waals surface area contributed by atoms with E-state index < -0.39 is 0 Å². The highest BCUT2D eigenvalue weighted by Crippen LogP contribution is 2.03. The Kier molecular flexibility index (Phi) is 5.76. The van der Waals surface area contributed by atoms with Gasteiger partial charge in [0.05, 0.1) is 6.61 Å². The van der Waals surface area contributed by atoms with Crippen LogP contribution in [0.25, 0.3) is 0 Å². The molecule has 0 spiro atoms. The second-order valence-corrected chi connectivity index (χ2v) is 4.86. The van der Waals surface area contributed by atoms with Gasteiger partial charge in [-0.15, -0.1) is 0 Å². The lowest BCUT2D eigenvalue weighted by atomic mass is 10.3. The number of carbonyl (C=O) groups is 1. The Bertz CT molecular complexity index is 416. The van der Waals surface area contributed by atoms with Crippen LogP contribution in [0.2, 0.25) is 0 Å². The van der Waals surface area contributed by atoms with E-state index in [1.165, 1.54) is 0 Å². The van der Waals surface area contributed by atoms with Gasteiger partial charge in [0, 0.05) is 32.4 Å². The summed E-state index contributed by atoms with van der Waals surface area (Å²) in [5, 5.41) is 9.24. The van der Waals surface area contributed by atoms with Crippen molar-refractivity contribution in [1.29, 1.82) is 0 Å². The van der Waals surface area contributed by atoms with Gasteiger partial charge in [-0.3, -0.25) is 4.79 Å². The van der Waals surface area contributed by atoms with Crippen molar-refractivity contribution in [3.05, 3.63) is 23.9 Å². The zero-order valence-electron chi connectivity index (χ0n) is 11.8. The Labute approximate surface area is 119 Å². The molecule has 1 fully saturated rings. The van der Waals surface area contributed by atoms with Crippen molar-refractivity contribution in [1.82, 2.24) is 15.6 Å². The van der Waals surface area contributed by atoms with Gasteiger partial charge in [-0.25, -0.2) is 4.98 Å². The first kappa shape index (κ1) is 14.7. The number of aryl methyl sites for hydroxylation is 1. The quantitative estimate of drug-likeness (QED) is 0.652. The number of amides is 1. The molecule has 0 radical (unpaired) electrons. The molecule has 6 heteroatoms. The van der Waals surface area contributed by atoms with E-state index in [4.69, 9.17) is 4.74 Å². The summed E-state index contributed by atoms with van der Waals surface area (Å²) in [6.07, 6.45) is 2.33. The largest absolute Gasteiger partial charge is 0.370 e. The number of rotatable bonds is 6. The molecule has 1 aromatic rings. The lowest BCUT2D eigenvalue weighted by molar-refractivity contribution is -0.134. The van der Waals surface area contributed by atoms with Gasteiger partial charge >= 0.3 is 0 Å². The van der Waals surface area contributed by atoms with E-state index in [2.05, 4.69) is 20.9 Å². The number of carbonyl (C=O) groups excluding carboxylic acids is 1. The molecule has 1 atom stereocenters. The third kappa shape index (κ3) is 4.79. The lowest BCUT2D eigenvalue weighted by Crippen LogP contribution is -2.48. The molecule has 1 amide bonds. The summed E-state index contributed by atoms with van der Waals surface area (Å²) >= 11 is 0. The Morgan fingerprint density at radius 2 is 2.40 bits per heavy atom. The average Bonchev–Trinajstić information content (AvgIpc) is 2.49. The molecule has 6 nitrogen and oxygen atoms in total. The minimum Gasteiger partial charge on any atom is -0.370 e. The molecule has 3 N–H and O–H groups in total. The van der Waals surface area contributed by atoms with E-state index >= 15 is 0 Å². The highest BCUT2D eigenvalue weighted by atomic mass is 16.5. The number of nitrogens with one attached hydrogen (secondary N) is 3. The summed E-state index contributed by atoms with van der Waals surface area (Å²) in [5.41, 5.74) is 1.14. The first-order valence-electron chi connectivity index (χ1n) is 7.02. The second kappa shape index (κ2) is 7.81. The van der Waals surface area contributed by atoms with Crippen LogP contribution in [-0.4, -0.2) is 49.8 Å². The smallest absolute Gasteiger partial charge is 0.250 e. The number of nitrogens with zero attached hydrogens (tertiary/aromatic N) is 1. The van der Waals surface area contributed by atoms with Gasteiger partial charge in [0.25, 0.3) is 0 Å². The van der Waals surface area contributed by atoms with E-state index in [-0.39, 0.29) is 12.0 Å². The van der Waals surface area contributed by atoms with Crippen LogP contribution in [0.1, 0.15) is 12.0 Å². The molecule has 2 rings (SSSR count). The molecule has 1 unspecified atom stereocenters. The van der Waals surface area contributed by atoms with Crippen LogP contribution in [-0.2, 0) is 9.53 Å². The topological polar surface area (TPSA) is 75.3 Å². The Balaban J connectivity index is 1.57. The summed E-state index contributed by atoms with van der Waals surface area (Å²) in [5.74, 6) is 0.826. The normalized spacial score (nSPS) is 18.6. The van der Waals surface area contributed by atoms with Crippen LogP contribution < -0.4 is 16.0 Å². The van der Waals surface area contributed by atoms with Crippen LogP contribution >= 0.6 is 0 Å². The standard InChI is InChI=1S/C14H22N4O2/c1-11-3-4-13(18-9-11)16-5-2-6-17-14(19)12-10-15-7-8-20-12/h3-4,9,12,15H,2,5-8,10H2,1H3,(H,16,18)(H,17,19). The molecular formula is C14H22N4O2. The minimum absolute atomic E-state index is 0.0364. The summed E-state index contributed by atoms with van der Waals surface area (Å²) in [6, 6.07) is 3.97. The summed E-state index contributed by atoms with van der Waals surface area (Å²) in [6.45, 7) is 5.43. The van der Waals surface area contributed by atoms with Crippen LogP contribution in [0, 0.1) is 6.92 Å². The molecule has 20 heavy (non-hydrogen) atoms. The number of morpholine rings is 1. The fourth-order valence-corrected chi connectivity index (χ4v) is 1.94. The lowest BCUT2D eigenvalue weighted by Gasteiger charge is -2.22. The number of hydrogen-bond donors (Lipinski definition) is 3. The van der Waals surface area contributed by atoms with Gasteiger partial charge in [0.15, 0.2) is 0 Å². The van der Waals surface area contributed by atoms with Crippen molar-refractivity contribution in [3.8, 4) is 0 Å². The van der Waals surface area contributed by atoms with Gasteiger partial charge in [-0.1, -0.05) is 6.07 Å². The van der Waals surface area contributed by atoms with E-state index in [1.54, 1.807) is 0 Å². The second-order valence-electron chi connectivity index (χ2n) is 4.86. The van der Waals surface area contributed by atoms with Crippen molar-refractivity contribution < 1.29 is 9.53 Å². The zero-order valence-corrected chi connectivity index (χ0v) is 11.8. The Morgan fingerprint density at radius 1 is 1.50 bits per heavy atom. The Hall–Kier alpha value is -1.66. The summed E-state index contributed by atoms with van der Waals surface area (Å²) in [7, 11) is 0. The summed E-state index contributed by atoms with van der Waals surface area (Å²) < 4.78 is 5.38. The molecule has 0 bridgehead atoms. The number of hydrogen-bond acceptors (Lipinski definition) is 5. The number of ether oxygens (including phenoxy) is 1. The van der Waals surface area contributed by atoms with Gasteiger partial charge in [-0.2, -0.15) is 0 Å². The van der Waals surface area contributed by atoms with E-state index in [9.17, 15) is 4.79 Å². The van der Waals surface area contributed by atoms with Crippen molar-refractivity contribution in [3.63, 3.8) is 0 Å². The van der Waals surface area contributed by atoms with Crippen molar-refractivity contribution in [2.75, 3.05) is 38.1 Å². The fourth-order valence-electron chi connectivity index (χ4n) is 1.94. The van der Waals surface area contributed by atoms with Gasteiger partial charge < -0.3 is 20.7 Å². The minimum atomic E-state index is -0.351. The number of anilines is 1. The molecule has 1 aliphatic heterocycles. The monoisotopic (exact) mass is 278 g/mol. The first-order chi connectivity index (χ1) is 9.75. The van der Waals surface area contributed by atoms with Gasteiger partial charge in [-0.05, 0) is 25.0 Å². The molecule has 2 heterocycles. The molecule has 0 aromatic carbocycles. The van der Waals surface area contributed by atoms with Crippen molar-refractivity contribution in [2.45, 2.75) is 19.4 Å². The number of aromatic nitrogens is 1. The van der Waals surface area contributed by atoms with E-state index in [0.29, 0.717) is 19.7 Å². The first-order valence-corrected chi connectivity index (χ1v) is 7.02.